The van der Waals surface area contributed by atoms with Gasteiger partial charge in [0.1, 0.15) is 22.7 Å². The molecule has 0 bridgehead atoms. The van der Waals surface area contributed by atoms with Crippen LogP contribution < -0.4 is 15.4 Å². The number of hydrogen-bond acceptors (Lipinski definition) is 6. The molecule has 1 saturated carbocycles. The smallest absolute Gasteiger partial charge is 0.407 e. The third-order valence-electron chi connectivity index (χ3n) is 5.73. The number of ether oxygens (including phenoxy) is 2. The van der Waals surface area contributed by atoms with Gasteiger partial charge in [-0.2, -0.15) is 0 Å². The highest BCUT2D eigenvalue weighted by Crippen LogP contribution is 2.35. The van der Waals surface area contributed by atoms with E-state index >= 15 is 0 Å². The monoisotopic (exact) mass is 487 g/mol. The number of nitrogens with one attached hydrogen (secondary N) is 2. The van der Waals surface area contributed by atoms with Crippen LogP contribution in [0.4, 0.5) is 9.18 Å². The average Bonchev–Trinajstić information content (AvgIpc) is 3.23. The fourth-order valence-electron chi connectivity index (χ4n) is 4.11. The summed E-state index contributed by atoms with van der Waals surface area (Å²) in [6.07, 6.45) is 4.43. The molecular weight excluding hydrogens is 457 g/mol. The third-order valence-corrected chi connectivity index (χ3v) is 6.83. The van der Waals surface area contributed by atoms with Crippen LogP contribution in [0.5, 0.6) is 11.6 Å². The number of alkyl carbamates (subject to hydrolysis) is 1. The van der Waals surface area contributed by atoms with Crippen LogP contribution in [-0.4, -0.2) is 40.4 Å². The van der Waals surface area contributed by atoms with Crippen molar-refractivity contribution in [1.29, 1.82) is 0 Å². The van der Waals surface area contributed by atoms with Gasteiger partial charge in [-0.15, -0.1) is 11.8 Å². The maximum absolute atomic E-state index is 13.9. The number of fused-ring (bicyclic) bond motifs is 1. The number of nitrogens with zero attached hydrogens (tertiary/aromatic N) is 1. The maximum atomic E-state index is 13.9. The van der Waals surface area contributed by atoms with Crippen LogP contribution in [0.15, 0.2) is 35.4 Å². The molecule has 7 nitrogen and oxygen atoms in total. The molecule has 1 aliphatic heterocycles. The minimum atomic E-state index is -0.604. The van der Waals surface area contributed by atoms with Crippen molar-refractivity contribution in [2.24, 2.45) is 0 Å². The second-order valence-electron chi connectivity index (χ2n) is 9.64. The zero-order chi connectivity index (χ0) is 24.3. The maximum Gasteiger partial charge on any atom is 0.407 e. The summed E-state index contributed by atoms with van der Waals surface area (Å²) in [5.74, 6) is 0.641. The number of amides is 2. The highest BCUT2D eigenvalue weighted by molar-refractivity contribution is 7.99. The van der Waals surface area contributed by atoms with Crippen LogP contribution in [0.25, 0.3) is 0 Å². The van der Waals surface area contributed by atoms with Gasteiger partial charge in [-0.3, -0.25) is 4.79 Å². The van der Waals surface area contributed by atoms with E-state index in [-0.39, 0.29) is 23.5 Å². The first-order chi connectivity index (χ1) is 16.2. The van der Waals surface area contributed by atoms with E-state index in [0.29, 0.717) is 31.4 Å². The molecule has 0 radical (unpaired) electrons. The van der Waals surface area contributed by atoms with Crippen LogP contribution in [0.3, 0.4) is 0 Å². The first-order valence-electron chi connectivity index (χ1n) is 11.6. The SMILES string of the molecule is CC(C)(C)OC(=O)NC1CCC(NC(=O)c2cc(F)cnc2Oc2ccc3c(c2)SCC3)CC1. The molecule has 182 valence electrons. The molecule has 2 heterocycles. The van der Waals surface area contributed by atoms with Crippen LogP contribution in [0, 0.1) is 5.82 Å². The summed E-state index contributed by atoms with van der Waals surface area (Å²) >= 11 is 1.76. The number of pyridine rings is 1. The Bertz CT molecular complexity index is 1060. The molecule has 0 atom stereocenters. The number of thioether (sulfide) groups is 1. The lowest BCUT2D eigenvalue weighted by Gasteiger charge is -2.30. The minimum absolute atomic E-state index is 0.00425. The second kappa shape index (κ2) is 10.2. The Morgan fingerprint density at radius 1 is 1.09 bits per heavy atom. The topological polar surface area (TPSA) is 89.6 Å². The number of halogens is 1. The van der Waals surface area contributed by atoms with E-state index in [1.807, 2.05) is 39.0 Å². The number of aryl methyl sites for hydroxylation is 1. The van der Waals surface area contributed by atoms with Gasteiger partial charge in [-0.1, -0.05) is 6.07 Å². The number of rotatable bonds is 5. The molecule has 2 amide bonds. The molecule has 0 spiro atoms. The van der Waals surface area contributed by atoms with Gasteiger partial charge in [0.05, 0.1) is 6.20 Å². The Balaban J connectivity index is 1.35. The first-order valence-corrected chi connectivity index (χ1v) is 12.5. The molecule has 1 aromatic carbocycles. The lowest BCUT2D eigenvalue weighted by Crippen LogP contribution is -2.45. The van der Waals surface area contributed by atoms with Crippen molar-refractivity contribution in [2.45, 2.75) is 75.5 Å². The molecule has 1 aliphatic carbocycles. The predicted octanol–water partition coefficient (Wildman–Crippen LogP) is 5.23. The Morgan fingerprint density at radius 3 is 2.50 bits per heavy atom. The average molecular weight is 488 g/mol. The number of carbonyl (C=O) groups excluding carboxylic acids is 2. The highest BCUT2D eigenvalue weighted by Gasteiger charge is 2.27. The van der Waals surface area contributed by atoms with E-state index in [1.54, 1.807) is 11.8 Å². The van der Waals surface area contributed by atoms with Gasteiger partial charge in [-0.25, -0.2) is 14.2 Å². The molecule has 0 unspecified atom stereocenters. The van der Waals surface area contributed by atoms with Crippen molar-refractivity contribution < 1.29 is 23.5 Å². The lowest BCUT2D eigenvalue weighted by atomic mass is 9.91. The van der Waals surface area contributed by atoms with Gasteiger partial charge in [0.2, 0.25) is 5.88 Å². The number of hydrogen-bond donors (Lipinski definition) is 2. The summed E-state index contributed by atoms with van der Waals surface area (Å²) in [6, 6.07) is 6.84. The third kappa shape index (κ3) is 6.40. The Morgan fingerprint density at radius 2 is 1.79 bits per heavy atom. The van der Waals surface area contributed by atoms with E-state index in [9.17, 15) is 14.0 Å². The molecule has 1 aromatic heterocycles. The zero-order valence-corrected chi connectivity index (χ0v) is 20.5. The summed E-state index contributed by atoms with van der Waals surface area (Å²) in [5, 5.41) is 5.86. The summed E-state index contributed by atoms with van der Waals surface area (Å²) < 4.78 is 25.1. The van der Waals surface area contributed by atoms with Crippen LogP contribution in [0.2, 0.25) is 0 Å². The normalized spacial score (nSPS) is 19.8. The van der Waals surface area contributed by atoms with Gasteiger partial charge in [0.25, 0.3) is 5.91 Å². The first kappa shape index (κ1) is 24.3. The molecule has 4 rings (SSSR count). The van der Waals surface area contributed by atoms with Gasteiger partial charge >= 0.3 is 6.09 Å². The Hall–Kier alpha value is -2.81. The van der Waals surface area contributed by atoms with Crippen molar-refractivity contribution in [2.75, 3.05) is 5.75 Å². The second-order valence-corrected chi connectivity index (χ2v) is 10.8. The Kier molecular flexibility index (Phi) is 7.30. The summed E-state index contributed by atoms with van der Waals surface area (Å²) in [4.78, 5) is 30.2. The van der Waals surface area contributed by atoms with E-state index in [1.165, 1.54) is 5.56 Å². The van der Waals surface area contributed by atoms with Gasteiger partial charge in [-0.05, 0) is 76.6 Å². The van der Waals surface area contributed by atoms with Gasteiger partial charge in [0.15, 0.2) is 0 Å². The van der Waals surface area contributed by atoms with Crippen molar-refractivity contribution >= 4 is 23.8 Å². The molecule has 2 N–H and O–H groups in total. The van der Waals surface area contributed by atoms with E-state index in [0.717, 1.165) is 29.3 Å². The van der Waals surface area contributed by atoms with Crippen LogP contribution in [0.1, 0.15) is 62.4 Å². The number of carbonyl (C=O) groups is 2. The van der Waals surface area contributed by atoms with Crippen molar-refractivity contribution in [1.82, 2.24) is 15.6 Å². The van der Waals surface area contributed by atoms with Crippen molar-refractivity contribution in [3.8, 4) is 11.6 Å². The fraction of sp³-hybridized carbons (Fsp3) is 0.480. The zero-order valence-electron chi connectivity index (χ0n) is 19.7. The molecule has 1 fully saturated rings. The Labute approximate surface area is 203 Å². The number of aromatic nitrogens is 1. The fourth-order valence-corrected chi connectivity index (χ4v) is 5.21. The molecule has 0 saturated heterocycles. The molecule has 2 aromatic rings. The van der Waals surface area contributed by atoms with Crippen molar-refractivity contribution in [3.05, 3.63) is 47.4 Å². The number of benzene rings is 1. The van der Waals surface area contributed by atoms with E-state index in [2.05, 4.69) is 15.6 Å². The van der Waals surface area contributed by atoms with Crippen LogP contribution in [-0.2, 0) is 11.2 Å². The highest BCUT2D eigenvalue weighted by atomic mass is 32.2. The quantitative estimate of drug-likeness (QED) is 0.601. The van der Waals surface area contributed by atoms with E-state index < -0.39 is 23.4 Å². The van der Waals surface area contributed by atoms with Crippen molar-refractivity contribution in [3.63, 3.8) is 0 Å². The van der Waals surface area contributed by atoms with E-state index in [4.69, 9.17) is 9.47 Å². The summed E-state index contributed by atoms with van der Waals surface area (Å²) in [6.45, 7) is 5.46. The predicted molar refractivity (Wildman–Crippen MR) is 128 cm³/mol. The molecule has 9 heteroatoms. The standard InChI is InChI=1S/C25H30FN3O4S/c1-25(2,3)33-24(31)29-18-7-5-17(6-8-18)28-22(30)20-12-16(26)14-27-23(20)32-19-9-4-15-10-11-34-21(15)13-19/h4,9,12-14,17-18H,5-8,10-11H2,1-3H3,(H,28,30)(H,29,31). The van der Waals surface area contributed by atoms with Gasteiger partial charge < -0.3 is 20.1 Å². The van der Waals surface area contributed by atoms with Gasteiger partial charge in [0, 0.05) is 22.7 Å². The molecule has 2 aliphatic rings. The molecular formula is C25H30FN3O4S. The summed E-state index contributed by atoms with van der Waals surface area (Å²) in [7, 11) is 0. The summed E-state index contributed by atoms with van der Waals surface area (Å²) in [5.41, 5.74) is 0.786. The van der Waals surface area contributed by atoms with Crippen LogP contribution >= 0.6 is 11.8 Å². The molecule has 34 heavy (non-hydrogen) atoms. The minimum Gasteiger partial charge on any atom is -0.444 e. The lowest BCUT2D eigenvalue weighted by molar-refractivity contribution is 0.0488. The largest absolute Gasteiger partial charge is 0.444 e.